The minimum absolute atomic E-state index is 0.00323. The molecule has 1 aliphatic carbocycles. The molecule has 0 unspecified atom stereocenters. The standard InChI is InChI=1S/C22H36O4/c1-3-4-9-15-22(2,26)16-10-7-5-6-8-13-20(21(24)25)19-14-11-12-18(19)17-23/h5-6,10,16-20,26H,3-4,7-9,11-15H2,1-2H3,(H,24,25)/b6-5-,16-10?/t18-,19+,20+,22+/m1/s1. The number of carboxylic acids is 1. The number of hydrogen-bond acceptors (Lipinski definition) is 3. The van der Waals surface area contributed by atoms with Crippen LogP contribution >= 0.6 is 0 Å². The van der Waals surface area contributed by atoms with Crippen LogP contribution in [-0.2, 0) is 9.59 Å². The number of allylic oxidation sites excluding steroid dienone is 3. The lowest BCUT2D eigenvalue weighted by Crippen LogP contribution is -2.27. The van der Waals surface area contributed by atoms with Gasteiger partial charge in [-0.25, -0.2) is 0 Å². The summed E-state index contributed by atoms with van der Waals surface area (Å²) in [6, 6.07) is 0. The number of unbranched alkanes of at least 4 members (excludes halogenated alkanes) is 2. The maximum absolute atomic E-state index is 11.6. The average Bonchev–Trinajstić information content (AvgIpc) is 3.05. The molecule has 1 rings (SSSR count). The summed E-state index contributed by atoms with van der Waals surface area (Å²) in [6.45, 7) is 3.99. The van der Waals surface area contributed by atoms with Crippen molar-refractivity contribution in [3.8, 4) is 0 Å². The van der Waals surface area contributed by atoms with Crippen LogP contribution in [0.4, 0.5) is 0 Å². The van der Waals surface area contributed by atoms with E-state index in [1.807, 2.05) is 31.2 Å². The van der Waals surface area contributed by atoms with E-state index in [-0.39, 0.29) is 11.8 Å². The maximum Gasteiger partial charge on any atom is 0.306 e. The van der Waals surface area contributed by atoms with Gasteiger partial charge in [-0.1, -0.05) is 56.9 Å². The van der Waals surface area contributed by atoms with E-state index >= 15 is 0 Å². The Balaban J connectivity index is 2.35. The van der Waals surface area contributed by atoms with Gasteiger partial charge in [0.15, 0.2) is 0 Å². The number of aliphatic carboxylic acids is 1. The molecule has 2 N–H and O–H groups in total. The van der Waals surface area contributed by atoms with Gasteiger partial charge < -0.3 is 15.0 Å². The van der Waals surface area contributed by atoms with Gasteiger partial charge in [0.1, 0.15) is 6.29 Å². The Labute approximate surface area is 158 Å². The lowest BCUT2D eigenvalue weighted by atomic mass is 9.82. The van der Waals surface area contributed by atoms with Gasteiger partial charge in [-0.2, -0.15) is 0 Å². The number of hydrogen-bond donors (Lipinski definition) is 2. The summed E-state index contributed by atoms with van der Waals surface area (Å²) in [5.41, 5.74) is -0.746. The van der Waals surface area contributed by atoms with Gasteiger partial charge in [0.25, 0.3) is 0 Å². The van der Waals surface area contributed by atoms with Gasteiger partial charge in [-0.3, -0.25) is 4.79 Å². The number of aldehydes is 1. The Morgan fingerprint density at radius 2 is 2.00 bits per heavy atom. The Kier molecular flexibility index (Phi) is 10.5. The summed E-state index contributed by atoms with van der Waals surface area (Å²) in [4.78, 5) is 22.7. The van der Waals surface area contributed by atoms with Crippen molar-refractivity contribution in [2.24, 2.45) is 17.8 Å². The zero-order valence-electron chi connectivity index (χ0n) is 16.4. The molecule has 0 spiro atoms. The summed E-state index contributed by atoms with van der Waals surface area (Å²) in [5, 5.41) is 19.7. The van der Waals surface area contributed by atoms with Crippen LogP contribution in [0.25, 0.3) is 0 Å². The molecule has 0 amide bonds. The van der Waals surface area contributed by atoms with Gasteiger partial charge >= 0.3 is 5.97 Å². The van der Waals surface area contributed by atoms with Crippen molar-refractivity contribution in [2.45, 2.75) is 83.7 Å². The molecule has 1 fully saturated rings. The van der Waals surface area contributed by atoms with E-state index in [2.05, 4.69) is 6.92 Å². The molecule has 0 radical (unpaired) electrons. The Morgan fingerprint density at radius 3 is 2.65 bits per heavy atom. The fourth-order valence-electron chi connectivity index (χ4n) is 3.91. The zero-order chi connectivity index (χ0) is 19.4. The molecule has 4 heteroatoms. The second-order valence-electron chi connectivity index (χ2n) is 7.84. The summed E-state index contributed by atoms with van der Waals surface area (Å²) in [5.74, 6) is -1.29. The highest BCUT2D eigenvalue weighted by atomic mass is 16.4. The lowest BCUT2D eigenvalue weighted by Gasteiger charge is -2.22. The van der Waals surface area contributed by atoms with Gasteiger partial charge in [0.05, 0.1) is 11.5 Å². The third kappa shape index (κ3) is 8.31. The normalized spacial score (nSPS) is 24.1. The van der Waals surface area contributed by atoms with E-state index in [1.165, 1.54) is 0 Å². The molecule has 0 bridgehead atoms. The van der Waals surface area contributed by atoms with Crippen LogP contribution in [0.2, 0.25) is 0 Å². The maximum atomic E-state index is 11.6. The second kappa shape index (κ2) is 12.1. The van der Waals surface area contributed by atoms with Crippen LogP contribution in [0.3, 0.4) is 0 Å². The molecule has 0 aromatic rings. The van der Waals surface area contributed by atoms with E-state index in [4.69, 9.17) is 0 Å². The first-order valence-electron chi connectivity index (χ1n) is 10.1. The molecular weight excluding hydrogens is 328 g/mol. The van der Waals surface area contributed by atoms with E-state index in [0.29, 0.717) is 12.8 Å². The van der Waals surface area contributed by atoms with Crippen LogP contribution in [0.15, 0.2) is 24.3 Å². The molecule has 4 nitrogen and oxygen atoms in total. The molecule has 0 aliphatic heterocycles. The first-order chi connectivity index (χ1) is 12.4. The quantitative estimate of drug-likeness (QED) is 0.276. The van der Waals surface area contributed by atoms with Crippen molar-refractivity contribution >= 4 is 12.3 Å². The van der Waals surface area contributed by atoms with Gasteiger partial charge in [-0.15, -0.1) is 0 Å². The van der Waals surface area contributed by atoms with Crippen molar-refractivity contribution in [1.82, 2.24) is 0 Å². The highest BCUT2D eigenvalue weighted by Gasteiger charge is 2.36. The molecule has 0 aromatic carbocycles. The number of aliphatic hydroxyl groups is 1. The van der Waals surface area contributed by atoms with E-state index in [9.17, 15) is 19.8 Å². The number of rotatable bonds is 13. The largest absolute Gasteiger partial charge is 0.481 e. The summed E-state index contributed by atoms with van der Waals surface area (Å²) < 4.78 is 0. The molecule has 0 heterocycles. The molecule has 1 saturated carbocycles. The van der Waals surface area contributed by atoms with Crippen LogP contribution in [0, 0.1) is 17.8 Å². The minimum atomic E-state index is -0.778. The van der Waals surface area contributed by atoms with Gasteiger partial charge in [-0.05, 0) is 51.4 Å². The molecule has 4 atom stereocenters. The predicted molar refractivity (Wildman–Crippen MR) is 105 cm³/mol. The van der Waals surface area contributed by atoms with E-state index in [0.717, 1.165) is 57.7 Å². The Hall–Kier alpha value is -1.42. The molecule has 0 saturated heterocycles. The SMILES string of the molecule is CCCCC[C@](C)(O)C=CC/C=C\CC[C@H](C(=O)O)[C@H]1CCC[C@@H]1C=O. The molecule has 1 aliphatic rings. The lowest BCUT2D eigenvalue weighted by molar-refractivity contribution is -0.144. The van der Waals surface area contributed by atoms with Crippen LogP contribution in [0.1, 0.15) is 78.1 Å². The van der Waals surface area contributed by atoms with Crippen LogP contribution < -0.4 is 0 Å². The molecule has 26 heavy (non-hydrogen) atoms. The fourth-order valence-corrected chi connectivity index (χ4v) is 3.91. The van der Waals surface area contributed by atoms with E-state index < -0.39 is 17.5 Å². The van der Waals surface area contributed by atoms with Gasteiger partial charge in [0.2, 0.25) is 0 Å². The predicted octanol–water partition coefficient (Wildman–Crippen LogP) is 4.92. The van der Waals surface area contributed by atoms with Crippen molar-refractivity contribution in [2.75, 3.05) is 0 Å². The van der Waals surface area contributed by atoms with Crippen molar-refractivity contribution in [3.05, 3.63) is 24.3 Å². The van der Waals surface area contributed by atoms with Crippen LogP contribution in [-0.4, -0.2) is 28.1 Å². The zero-order valence-corrected chi connectivity index (χ0v) is 16.4. The molecular formula is C22H36O4. The van der Waals surface area contributed by atoms with Crippen molar-refractivity contribution in [1.29, 1.82) is 0 Å². The van der Waals surface area contributed by atoms with E-state index in [1.54, 1.807) is 0 Å². The third-order valence-corrected chi connectivity index (χ3v) is 5.48. The smallest absolute Gasteiger partial charge is 0.306 e. The highest BCUT2D eigenvalue weighted by Crippen LogP contribution is 2.38. The Bertz CT molecular complexity index is 479. The van der Waals surface area contributed by atoms with Gasteiger partial charge in [0, 0.05) is 5.92 Å². The number of carbonyl (C=O) groups is 2. The average molecular weight is 365 g/mol. The molecule has 0 aromatic heterocycles. The topological polar surface area (TPSA) is 74.6 Å². The number of carbonyl (C=O) groups excluding carboxylic acids is 1. The fraction of sp³-hybridized carbons (Fsp3) is 0.727. The first-order valence-corrected chi connectivity index (χ1v) is 10.1. The first kappa shape index (κ1) is 22.6. The van der Waals surface area contributed by atoms with Crippen molar-refractivity contribution in [3.63, 3.8) is 0 Å². The monoisotopic (exact) mass is 364 g/mol. The summed E-state index contributed by atoms with van der Waals surface area (Å²) >= 11 is 0. The second-order valence-corrected chi connectivity index (χ2v) is 7.84. The summed E-state index contributed by atoms with van der Waals surface area (Å²) in [6.07, 6.45) is 17.6. The number of carboxylic acid groups (broad SMARTS) is 1. The Morgan fingerprint density at radius 1 is 1.23 bits per heavy atom. The summed E-state index contributed by atoms with van der Waals surface area (Å²) in [7, 11) is 0. The third-order valence-electron chi connectivity index (χ3n) is 5.48. The highest BCUT2D eigenvalue weighted by molar-refractivity contribution is 5.71. The molecule has 148 valence electrons. The van der Waals surface area contributed by atoms with Crippen molar-refractivity contribution < 1.29 is 19.8 Å². The minimum Gasteiger partial charge on any atom is -0.481 e. The van der Waals surface area contributed by atoms with Crippen LogP contribution in [0.5, 0.6) is 0 Å².